The second-order valence-electron chi connectivity index (χ2n) is 8.30. The number of nitrogens with zero attached hydrogens (tertiary/aromatic N) is 1. The molecule has 1 aromatic carbocycles. The standard InChI is InChI=1S/C20H35NO8P2/c1-14(2)26-30(24,27-15(3)4)20(31(25,28-16(5)6)29-17(7)8)13-18-9-11-19(12-10-18)21(22)23/h9-12,14-17,20H,13H2,1-8H3. The summed E-state index contributed by atoms with van der Waals surface area (Å²) < 4.78 is 51.1. The van der Waals surface area contributed by atoms with Crippen LogP contribution in [0.15, 0.2) is 24.3 Å². The topological polar surface area (TPSA) is 114 Å². The molecule has 9 nitrogen and oxygen atoms in total. The molecule has 0 aliphatic carbocycles. The first-order valence-electron chi connectivity index (χ1n) is 10.3. The largest absolute Gasteiger partial charge is 0.346 e. The molecule has 178 valence electrons. The highest BCUT2D eigenvalue weighted by atomic mass is 31.2. The highest BCUT2D eigenvalue weighted by Gasteiger charge is 2.52. The Morgan fingerprint density at radius 2 is 1.06 bits per heavy atom. The van der Waals surface area contributed by atoms with Crippen molar-refractivity contribution in [1.82, 2.24) is 0 Å². The van der Waals surface area contributed by atoms with Crippen LogP contribution in [0.3, 0.4) is 0 Å². The average Bonchev–Trinajstić information content (AvgIpc) is 2.56. The molecular formula is C20H35NO8P2. The van der Waals surface area contributed by atoms with E-state index in [-0.39, 0.29) is 12.1 Å². The SMILES string of the molecule is CC(C)OP(=O)(OC(C)C)C(Cc1ccc([N+](=O)[O-])cc1)P(=O)(OC(C)C)OC(C)C. The number of nitro groups is 1. The van der Waals surface area contributed by atoms with Crippen molar-refractivity contribution in [1.29, 1.82) is 0 Å². The van der Waals surface area contributed by atoms with E-state index in [1.807, 2.05) is 0 Å². The molecule has 0 amide bonds. The Labute approximate surface area is 185 Å². The second-order valence-corrected chi connectivity index (χ2v) is 13.0. The Bertz CT molecular complexity index is 742. The minimum atomic E-state index is -4.02. The van der Waals surface area contributed by atoms with E-state index in [4.69, 9.17) is 18.1 Å². The molecule has 0 aromatic heterocycles. The number of non-ortho nitro benzene ring substituents is 1. The smallest absolute Gasteiger partial charge is 0.305 e. The summed E-state index contributed by atoms with van der Waals surface area (Å²) in [5, 5.41) is 9.72. The fraction of sp³-hybridized carbons (Fsp3) is 0.700. The zero-order valence-electron chi connectivity index (χ0n) is 19.5. The van der Waals surface area contributed by atoms with Gasteiger partial charge in [-0.2, -0.15) is 0 Å². The van der Waals surface area contributed by atoms with Crippen LogP contribution in [0.4, 0.5) is 5.69 Å². The molecule has 0 spiro atoms. The van der Waals surface area contributed by atoms with Gasteiger partial charge in [0, 0.05) is 12.1 Å². The first-order chi connectivity index (χ1) is 14.2. The summed E-state index contributed by atoms with van der Waals surface area (Å²) in [7, 11) is -8.04. The Balaban J connectivity index is 3.58. The van der Waals surface area contributed by atoms with E-state index in [0.717, 1.165) is 0 Å². The van der Waals surface area contributed by atoms with Crippen molar-refractivity contribution in [3.05, 3.63) is 39.9 Å². The predicted octanol–water partition coefficient (Wildman–Crippen LogP) is 6.55. The summed E-state index contributed by atoms with van der Waals surface area (Å²) >= 11 is 0. The molecule has 0 atom stereocenters. The average molecular weight is 479 g/mol. The monoisotopic (exact) mass is 479 g/mol. The van der Waals surface area contributed by atoms with Gasteiger partial charge in [-0.25, -0.2) is 0 Å². The molecule has 1 rings (SSSR count). The van der Waals surface area contributed by atoms with Crippen molar-refractivity contribution in [3.63, 3.8) is 0 Å². The summed E-state index contributed by atoms with van der Waals surface area (Å²) in [4.78, 5) is 10.5. The molecule has 0 saturated heterocycles. The van der Waals surface area contributed by atoms with E-state index < -0.39 is 49.9 Å². The van der Waals surface area contributed by atoms with E-state index in [1.54, 1.807) is 55.4 Å². The van der Waals surface area contributed by atoms with Gasteiger partial charge in [-0.15, -0.1) is 0 Å². The molecule has 31 heavy (non-hydrogen) atoms. The lowest BCUT2D eigenvalue weighted by Crippen LogP contribution is -2.25. The number of hydrogen-bond donors (Lipinski definition) is 0. The van der Waals surface area contributed by atoms with Crippen LogP contribution in [0.1, 0.15) is 61.0 Å². The molecule has 0 radical (unpaired) electrons. The first kappa shape index (κ1) is 28.0. The fourth-order valence-electron chi connectivity index (χ4n) is 2.87. The van der Waals surface area contributed by atoms with Crippen LogP contribution in [0, 0.1) is 10.1 Å². The van der Waals surface area contributed by atoms with Gasteiger partial charge in [-0.1, -0.05) is 12.1 Å². The molecule has 0 N–H and O–H groups in total. The van der Waals surface area contributed by atoms with Crippen molar-refractivity contribution in [3.8, 4) is 0 Å². The Hall–Kier alpha value is -1.08. The summed E-state index contributed by atoms with van der Waals surface area (Å²) in [5.41, 5.74) is 0.482. The highest BCUT2D eigenvalue weighted by Crippen LogP contribution is 2.72. The fourth-order valence-corrected chi connectivity index (χ4v) is 8.79. The first-order valence-corrected chi connectivity index (χ1v) is 13.6. The molecule has 0 unspecified atom stereocenters. The summed E-state index contributed by atoms with van der Waals surface area (Å²) in [5.74, 6) is 0. The molecule has 0 heterocycles. The van der Waals surface area contributed by atoms with E-state index in [9.17, 15) is 19.2 Å². The lowest BCUT2D eigenvalue weighted by atomic mass is 10.1. The maximum atomic E-state index is 14.0. The van der Waals surface area contributed by atoms with Crippen LogP contribution in [0.2, 0.25) is 0 Å². The Morgan fingerprint density at radius 3 is 1.32 bits per heavy atom. The lowest BCUT2D eigenvalue weighted by Gasteiger charge is -2.35. The molecule has 0 aliphatic heterocycles. The van der Waals surface area contributed by atoms with Gasteiger partial charge in [0.25, 0.3) is 5.69 Å². The van der Waals surface area contributed by atoms with Gasteiger partial charge in [0.15, 0.2) is 5.40 Å². The normalized spacial score (nSPS) is 13.2. The maximum absolute atomic E-state index is 14.0. The van der Waals surface area contributed by atoms with Gasteiger partial charge in [0.05, 0.1) is 29.3 Å². The van der Waals surface area contributed by atoms with Crippen LogP contribution >= 0.6 is 15.2 Å². The van der Waals surface area contributed by atoms with Gasteiger partial charge >= 0.3 is 15.2 Å². The van der Waals surface area contributed by atoms with Gasteiger partial charge < -0.3 is 18.1 Å². The van der Waals surface area contributed by atoms with Gasteiger partial charge in [-0.3, -0.25) is 19.2 Å². The van der Waals surface area contributed by atoms with Crippen LogP contribution in [0.25, 0.3) is 0 Å². The summed E-state index contributed by atoms with van der Waals surface area (Å²) in [6.45, 7) is 13.6. The molecule has 0 saturated carbocycles. The van der Waals surface area contributed by atoms with Crippen LogP contribution < -0.4 is 0 Å². The second kappa shape index (κ2) is 11.7. The van der Waals surface area contributed by atoms with Crippen LogP contribution in [-0.4, -0.2) is 34.7 Å². The quantitative estimate of drug-likeness (QED) is 0.178. The van der Waals surface area contributed by atoms with E-state index in [1.165, 1.54) is 24.3 Å². The number of nitro benzene ring substituents is 1. The third-order valence-electron chi connectivity index (χ3n) is 3.73. The number of benzene rings is 1. The van der Waals surface area contributed by atoms with Crippen molar-refractivity contribution >= 4 is 20.9 Å². The van der Waals surface area contributed by atoms with Crippen molar-refractivity contribution in [2.24, 2.45) is 0 Å². The molecule has 11 heteroatoms. The van der Waals surface area contributed by atoms with Crippen molar-refractivity contribution in [2.75, 3.05) is 0 Å². The number of hydrogen-bond acceptors (Lipinski definition) is 8. The Morgan fingerprint density at radius 1 is 0.742 bits per heavy atom. The third kappa shape index (κ3) is 8.76. The third-order valence-corrected chi connectivity index (χ3v) is 10.1. The van der Waals surface area contributed by atoms with E-state index in [0.29, 0.717) is 5.56 Å². The van der Waals surface area contributed by atoms with Gasteiger partial charge in [0.2, 0.25) is 0 Å². The van der Waals surface area contributed by atoms with Gasteiger partial charge in [-0.05, 0) is 67.4 Å². The minimum absolute atomic E-state index is 0.0363. The molecule has 0 aliphatic rings. The summed E-state index contributed by atoms with van der Waals surface area (Å²) in [6, 6.07) is 5.72. The van der Waals surface area contributed by atoms with Crippen molar-refractivity contribution < 1.29 is 32.1 Å². The highest BCUT2D eigenvalue weighted by molar-refractivity contribution is 7.72. The van der Waals surface area contributed by atoms with Crippen LogP contribution in [-0.2, 0) is 33.6 Å². The zero-order valence-corrected chi connectivity index (χ0v) is 21.3. The van der Waals surface area contributed by atoms with E-state index in [2.05, 4.69) is 0 Å². The summed E-state index contributed by atoms with van der Waals surface area (Å²) in [6.07, 6.45) is -1.94. The molecular weight excluding hydrogens is 444 g/mol. The molecule has 0 fully saturated rings. The minimum Gasteiger partial charge on any atom is -0.305 e. The molecule has 1 aromatic rings. The lowest BCUT2D eigenvalue weighted by molar-refractivity contribution is -0.384. The predicted molar refractivity (Wildman–Crippen MR) is 121 cm³/mol. The Kier molecular flexibility index (Phi) is 10.5. The maximum Gasteiger partial charge on any atom is 0.346 e. The van der Waals surface area contributed by atoms with Crippen molar-refractivity contribution in [2.45, 2.75) is 91.6 Å². The van der Waals surface area contributed by atoms with Gasteiger partial charge in [0.1, 0.15) is 0 Å². The van der Waals surface area contributed by atoms with Crippen LogP contribution in [0.5, 0.6) is 0 Å². The van der Waals surface area contributed by atoms with E-state index >= 15 is 0 Å². The molecule has 0 bridgehead atoms. The number of rotatable bonds is 13. The zero-order chi connectivity index (χ0) is 24.0.